The van der Waals surface area contributed by atoms with E-state index in [0.717, 1.165) is 35.0 Å². The van der Waals surface area contributed by atoms with E-state index in [4.69, 9.17) is 0 Å². The molecule has 4 aromatic rings. The van der Waals surface area contributed by atoms with Crippen molar-refractivity contribution in [2.24, 2.45) is 0 Å². The van der Waals surface area contributed by atoms with Crippen molar-refractivity contribution in [3.8, 4) is 16.9 Å². The Bertz CT molecular complexity index is 1510. The van der Waals surface area contributed by atoms with Gasteiger partial charge in [0, 0.05) is 35.7 Å². The number of ether oxygens (including phenoxy) is 1. The minimum atomic E-state index is -4.75. The van der Waals surface area contributed by atoms with Crippen LogP contribution in [-0.2, 0) is 0 Å². The van der Waals surface area contributed by atoms with Gasteiger partial charge in [-0.25, -0.2) is 0 Å². The molecule has 1 amide bonds. The molecule has 0 unspecified atom stereocenters. The minimum Gasteiger partial charge on any atom is -0.406 e. The molecule has 1 fully saturated rings. The van der Waals surface area contributed by atoms with Crippen LogP contribution in [0.1, 0.15) is 40.4 Å². The van der Waals surface area contributed by atoms with E-state index >= 15 is 0 Å². The summed E-state index contributed by atoms with van der Waals surface area (Å²) in [4.78, 5) is 31.0. The average Bonchev–Trinajstić information content (AvgIpc) is 2.88. The van der Waals surface area contributed by atoms with Gasteiger partial charge in [-0.15, -0.1) is 13.2 Å². The van der Waals surface area contributed by atoms with Gasteiger partial charge in [0.2, 0.25) is 0 Å². The fourth-order valence-corrected chi connectivity index (χ4v) is 5.05. The van der Waals surface area contributed by atoms with Crippen molar-refractivity contribution in [2.45, 2.75) is 32.0 Å². The highest BCUT2D eigenvalue weighted by atomic mass is 19.4. The predicted octanol–water partition coefficient (Wildman–Crippen LogP) is 6.42. The van der Waals surface area contributed by atoms with Crippen LogP contribution in [0.3, 0.4) is 0 Å². The molecule has 3 aromatic carbocycles. The maximum atomic E-state index is 13.6. The Hall–Kier alpha value is -4.07. The normalized spacial score (nSPS) is 16.1. The van der Waals surface area contributed by atoms with Crippen molar-refractivity contribution in [3.63, 3.8) is 0 Å². The first kappa shape index (κ1) is 24.6. The average molecular weight is 507 g/mol. The van der Waals surface area contributed by atoms with Crippen LogP contribution in [0.5, 0.6) is 5.75 Å². The van der Waals surface area contributed by atoms with Gasteiger partial charge in [-0.05, 0) is 72.2 Å². The maximum absolute atomic E-state index is 13.6. The molecular weight excluding hydrogens is 481 g/mol. The number of carbonyl (C=O) groups excluding carboxylic acids is 1. The molecule has 5 nitrogen and oxygen atoms in total. The lowest BCUT2D eigenvalue weighted by atomic mass is 9.91. The molecule has 190 valence electrons. The molecule has 0 spiro atoms. The van der Waals surface area contributed by atoms with Gasteiger partial charge in [-0.3, -0.25) is 9.59 Å². The first-order valence-corrected chi connectivity index (χ1v) is 12.1. The number of hydrogen-bond acceptors (Lipinski definition) is 3. The third-order valence-electron chi connectivity index (χ3n) is 6.89. The van der Waals surface area contributed by atoms with Crippen LogP contribution < -0.4 is 10.3 Å². The third kappa shape index (κ3) is 5.23. The zero-order chi connectivity index (χ0) is 26.2. The Morgan fingerprint density at radius 3 is 2.54 bits per heavy atom. The maximum Gasteiger partial charge on any atom is 0.573 e. The number of amides is 1. The van der Waals surface area contributed by atoms with E-state index < -0.39 is 6.36 Å². The summed E-state index contributed by atoms with van der Waals surface area (Å²) in [5, 5.41) is 1.51. The molecule has 0 bridgehead atoms. The summed E-state index contributed by atoms with van der Waals surface area (Å²) in [7, 11) is 0. The van der Waals surface area contributed by atoms with E-state index in [9.17, 15) is 22.8 Å². The first-order valence-electron chi connectivity index (χ1n) is 12.1. The molecule has 37 heavy (non-hydrogen) atoms. The summed E-state index contributed by atoms with van der Waals surface area (Å²) in [6.07, 6.45) is -3.08. The molecular formula is C29H25F3N2O3. The van der Waals surface area contributed by atoms with Gasteiger partial charge in [0.15, 0.2) is 0 Å². The lowest BCUT2D eigenvalue weighted by Crippen LogP contribution is -2.39. The van der Waals surface area contributed by atoms with E-state index in [0.29, 0.717) is 29.6 Å². The number of rotatable bonds is 4. The van der Waals surface area contributed by atoms with Gasteiger partial charge in [0.05, 0.1) is 0 Å². The molecule has 2 heterocycles. The molecule has 1 aliphatic rings. The number of halogens is 3. The fraction of sp³-hybridized carbons (Fsp3) is 0.241. The van der Waals surface area contributed by atoms with Gasteiger partial charge >= 0.3 is 6.36 Å². The smallest absolute Gasteiger partial charge is 0.406 e. The number of nitrogens with one attached hydrogen (secondary N) is 1. The van der Waals surface area contributed by atoms with Crippen LogP contribution in [0.25, 0.3) is 21.9 Å². The second-order valence-corrected chi connectivity index (χ2v) is 9.28. The zero-order valence-electron chi connectivity index (χ0n) is 20.1. The number of alkyl halides is 3. The lowest BCUT2D eigenvalue weighted by molar-refractivity contribution is -0.274. The van der Waals surface area contributed by atoms with Gasteiger partial charge in [-0.1, -0.05) is 42.5 Å². The molecule has 1 atom stereocenters. The number of carbonyl (C=O) groups is 1. The number of aromatic nitrogens is 1. The highest BCUT2D eigenvalue weighted by Crippen LogP contribution is 2.32. The van der Waals surface area contributed by atoms with E-state index in [1.54, 1.807) is 30.3 Å². The highest BCUT2D eigenvalue weighted by molar-refractivity contribution is 5.97. The van der Waals surface area contributed by atoms with E-state index in [1.807, 2.05) is 42.2 Å². The lowest BCUT2D eigenvalue weighted by Gasteiger charge is -2.33. The minimum absolute atomic E-state index is 0.0136. The summed E-state index contributed by atoms with van der Waals surface area (Å²) in [5.74, 6) is -0.392. The Morgan fingerprint density at radius 2 is 1.78 bits per heavy atom. The number of H-pyrrole nitrogens is 1. The van der Waals surface area contributed by atoms with Gasteiger partial charge in [0.25, 0.3) is 11.5 Å². The topological polar surface area (TPSA) is 62.4 Å². The van der Waals surface area contributed by atoms with Gasteiger partial charge in [0.1, 0.15) is 5.75 Å². The molecule has 1 saturated heterocycles. The van der Waals surface area contributed by atoms with Crippen molar-refractivity contribution >= 4 is 16.7 Å². The zero-order valence-corrected chi connectivity index (χ0v) is 20.1. The number of aromatic amines is 1. The molecule has 0 radical (unpaired) electrons. The number of fused-ring (bicyclic) bond motifs is 1. The Morgan fingerprint density at radius 1 is 1.03 bits per heavy atom. The molecule has 1 aromatic heterocycles. The van der Waals surface area contributed by atoms with Crippen LogP contribution in [0, 0.1) is 6.92 Å². The second kappa shape index (κ2) is 9.76. The first-order chi connectivity index (χ1) is 17.7. The molecule has 0 saturated carbocycles. The number of hydrogen-bond donors (Lipinski definition) is 1. The summed E-state index contributed by atoms with van der Waals surface area (Å²) in [5.41, 5.74) is 3.43. The second-order valence-electron chi connectivity index (χ2n) is 9.28. The third-order valence-corrected chi connectivity index (χ3v) is 6.89. The van der Waals surface area contributed by atoms with Crippen molar-refractivity contribution in [3.05, 3.63) is 100.0 Å². The summed E-state index contributed by atoms with van der Waals surface area (Å²) >= 11 is 0. The SMILES string of the molecule is Cc1c(C(=O)N2CCC[C@@H](c3cc4ccccc4c(=O)[nH]3)C2)cccc1-c1ccc(OC(F)(F)F)cc1. The Kier molecular flexibility index (Phi) is 6.50. The Labute approximate surface area is 211 Å². The monoisotopic (exact) mass is 506 g/mol. The highest BCUT2D eigenvalue weighted by Gasteiger charge is 2.31. The van der Waals surface area contributed by atoms with Crippen LogP contribution in [0.4, 0.5) is 13.2 Å². The molecule has 8 heteroatoms. The largest absolute Gasteiger partial charge is 0.573 e. The molecule has 1 N–H and O–H groups in total. The van der Waals surface area contributed by atoms with E-state index in [2.05, 4.69) is 9.72 Å². The molecule has 0 aliphatic carbocycles. The standard InChI is InChI=1S/C29H25F3N2O3/c1-18-23(19-11-13-22(14-12-19)37-29(30,31)32)9-4-10-24(18)28(36)34-15-5-7-21(17-34)26-16-20-6-2-3-8-25(20)27(35)33-26/h2-4,6,8-14,16,21H,5,7,15,17H2,1H3,(H,33,35)/t21-/m1/s1. The van der Waals surface area contributed by atoms with Crippen LogP contribution in [0.2, 0.25) is 0 Å². The van der Waals surface area contributed by atoms with Crippen molar-refractivity contribution in [2.75, 3.05) is 13.1 Å². The molecule has 5 rings (SSSR count). The predicted molar refractivity (Wildman–Crippen MR) is 136 cm³/mol. The van der Waals surface area contributed by atoms with Crippen LogP contribution >= 0.6 is 0 Å². The number of pyridine rings is 1. The van der Waals surface area contributed by atoms with Crippen molar-refractivity contribution < 1.29 is 22.7 Å². The Balaban J connectivity index is 1.38. The summed E-state index contributed by atoms with van der Waals surface area (Å²) < 4.78 is 41.4. The number of benzene rings is 3. The quantitative estimate of drug-likeness (QED) is 0.347. The molecule has 1 aliphatic heterocycles. The van der Waals surface area contributed by atoms with Crippen LogP contribution in [-0.4, -0.2) is 35.2 Å². The number of likely N-dealkylation sites (tertiary alicyclic amines) is 1. The van der Waals surface area contributed by atoms with E-state index in [-0.39, 0.29) is 23.1 Å². The number of piperidine rings is 1. The van der Waals surface area contributed by atoms with Crippen molar-refractivity contribution in [1.82, 2.24) is 9.88 Å². The fourth-order valence-electron chi connectivity index (χ4n) is 5.05. The summed E-state index contributed by atoms with van der Waals surface area (Å²) in [6.45, 7) is 2.94. The van der Waals surface area contributed by atoms with Crippen molar-refractivity contribution in [1.29, 1.82) is 0 Å². The summed E-state index contributed by atoms with van der Waals surface area (Å²) in [6, 6.07) is 20.4. The van der Waals surface area contributed by atoms with Crippen LogP contribution in [0.15, 0.2) is 77.6 Å². The number of nitrogens with zero attached hydrogens (tertiary/aromatic N) is 1. The van der Waals surface area contributed by atoms with Gasteiger partial charge in [-0.2, -0.15) is 0 Å². The van der Waals surface area contributed by atoms with E-state index in [1.165, 1.54) is 12.1 Å². The van der Waals surface area contributed by atoms with Gasteiger partial charge < -0.3 is 14.6 Å².